The standard InChI is InChI=1S/C10H6F2N2S/c1-5-9(4-13)15-8-3-6(11)2-7(12)10(8)14-5/h2-3,14H,1H3. The fraction of sp³-hybridized carbons (Fsp3) is 0.100. The van der Waals surface area contributed by atoms with Crippen molar-refractivity contribution in [3.63, 3.8) is 0 Å². The molecule has 0 aromatic heterocycles. The first kappa shape index (κ1) is 9.99. The molecule has 5 heteroatoms. The minimum Gasteiger partial charge on any atom is -0.354 e. The average molecular weight is 224 g/mol. The maximum Gasteiger partial charge on any atom is 0.150 e. The summed E-state index contributed by atoms with van der Waals surface area (Å²) in [6.45, 7) is 1.68. The molecule has 1 aliphatic rings. The molecule has 15 heavy (non-hydrogen) atoms. The second-order valence-electron chi connectivity index (χ2n) is 3.05. The van der Waals surface area contributed by atoms with Crippen LogP contribution in [0.2, 0.25) is 0 Å². The van der Waals surface area contributed by atoms with Crippen LogP contribution in [-0.2, 0) is 0 Å². The van der Waals surface area contributed by atoms with Gasteiger partial charge >= 0.3 is 0 Å². The highest BCUT2D eigenvalue weighted by Gasteiger charge is 2.20. The smallest absolute Gasteiger partial charge is 0.150 e. The van der Waals surface area contributed by atoms with E-state index in [2.05, 4.69) is 5.32 Å². The van der Waals surface area contributed by atoms with E-state index in [4.69, 9.17) is 5.26 Å². The number of anilines is 1. The molecule has 0 unspecified atom stereocenters. The third kappa shape index (κ3) is 1.68. The predicted octanol–water partition coefficient (Wildman–Crippen LogP) is 3.24. The second-order valence-corrected chi connectivity index (χ2v) is 4.11. The Morgan fingerprint density at radius 1 is 1.40 bits per heavy atom. The summed E-state index contributed by atoms with van der Waals surface area (Å²) in [6.07, 6.45) is 0. The molecule has 1 aromatic carbocycles. The highest BCUT2D eigenvalue weighted by atomic mass is 32.2. The molecular weight excluding hydrogens is 218 g/mol. The summed E-state index contributed by atoms with van der Waals surface area (Å²) in [5.41, 5.74) is 0.818. The van der Waals surface area contributed by atoms with Gasteiger partial charge in [-0.15, -0.1) is 0 Å². The fourth-order valence-corrected chi connectivity index (χ4v) is 2.18. The van der Waals surface area contributed by atoms with E-state index in [1.807, 2.05) is 6.07 Å². The van der Waals surface area contributed by atoms with Crippen LogP contribution in [0.1, 0.15) is 6.92 Å². The van der Waals surface area contributed by atoms with Crippen LogP contribution >= 0.6 is 11.8 Å². The maximum atomic E-state index is 13.3. The van der Waals surface area contributed by atoms with E-state index in [0.717, 1.165) is 17.8 Å². The van der Waals surface area contributed by atoms with E-state index in [1.54, 1.807) is 6.92 Å². The van der Waals surface area contributed by atoms with Crippen molar-refractivity contribution in [1.82, 2.24) is 0 Å². The fourth-order valence-electron chi connectivity index (χ4n) is 1.29. The number of nitrogens with one attached hydrogen (secondary N) is 1. The van der Waals surface area contributed by atoms with Gasteiger partial charge in [0.1, 0.15) is 16.8 Å². The highest BCUT2D eigenvalue weighted by Crippen LogP contribution is 2.40. The first-order valence-corrected chi connectivity index (χ1v) is 4.98. The average Bonchev–Trinajstić information content (AvgIpc) is 2.18. The lowest BCUT2D eigenvalue weighted by atomic mass is 10.2. The van der Waals surface area contributed by atoms with Crippen molar-refractivity contribution in [2.24, 2.45) is 0 Å². The number of fused-ring (bicyclic) bond motifs is 1. The van der Waals surface area contributed by atoms with Crippen molar-refractivity contribution >= 4 is 17.4 Å². The monoisotopic (exact) mass is 224 g/mol. The third-order valence-electron chi connectivity index (χ3n) is 1.99. The number of allylic oxidation sites excluding steroid dienone is 2. The van der Waals surface area contributed by atoms with Crippen molar-refractivity contribution in [3.05, 3.63) is 34.4 Å². The number of thioether (sulfide) groups is 1. The van der Waals surface area contributed by atoms with Gasteiger partial charge in [-0.05, 0) is 13.0 Å². The van der Waals surface area contributed by atoms with Gasteiger partial charge in [0.15, 0.2) is 5.82 Å². The summed E-state index contributed by atoms with van der Waals surface area (Å²) >= 11 is 1.07. The molecule has 0 spiro atoms. The predicted molar refractivity (Wildman–Crippen MR) is 54.2 cm³/mol. The van der Waals surface area contributed by atoms with Crippen LogP contribution in [0.4, 0.5) is 14.5 Å². The third-order valence-corrected chi connectivity index (χ3v) is 3.13. The first-order valence-electron chi connectivity index (χ1n) is 4.16. The van der Waals surface area contributed by atoms with Gasteiger partial charge in [0.2, 0.25) is 0 Å². The van der Waals surface area contributed by atoms with Crippen molar-refractivity contribution in [2.75, 3.05) is 5.32 Å². The highest BCUT2D eigenvalue weighted by molar-refractivity contribution is 8.03. The normalized spacial score (nSPS) is 14.3. The Kier molecular flexibility index (Phi) is 2.37. The van der Waals surface area contributed by atoms with Crippen LogP contribution in [-0.4, -0.2) is 0 Å². The van der Waals surface area contributed by atoms with Crippen molar-refractivity contribution in [2.45, 2.75) is 11.8 Å². The Bertz CT molecular complexity index is 503. The summed E-state index contributed by atoms with van der Waals surface area (Å²) in [6, 6.07) is 3.99. The molecule has 0 fully saturated rings. The molecule has 0 saturated heterocycles. The number of benzene rings is 1. The van der Waals surface area contributed by atoms with Gasteiger partial charge in [-0.3, -0.25) is 0 Å². The molecule has 0 amide bonds. The molecule has 2 nitrogen and oxygen atoms in total. The summed E-state index contributed by atoms with van der Waals surface area (Å²) in [5.74, 6) is -1.29. The number of hydrogen-bond acceptors (Lipinski definition) is 3. The van der Waals surface area contributed by atoms with E-state index in [-0.39, 0.29) is 5.69 Å². The summed E-state index contributed by atoms with van der Waals surface area (Å²) < 4.78 is 26.2. The van der Waals surface area contributed by atoms with Crippen LogP contribution in [0.15, 0.2) is 27.6 Å². The SMILES string of the molecule is CC1=C(C#N)Sc2cc(F)cc(F)c2N1. The van der Waals surface area contributed by atoms with Gasteiger partial charge in [-0.2, -0.15) is 5.26 Å². The first-order chi connectivity index (χ1) is 7.11. The molecular formula is C10H6F2N2S. The second kappa shape index (κ2) is 3.55. The van der Waals surface area contributed by atoms with Crippen LogP contribution in [0.5, 0.6) is 0 Å². The van der Waals surface area contributed by atoms with Crippen molar-refractivity contribution in [1.29, 1.82) is 5.26 Å². The summed E-state index contributed by atoms with van der Waals surface area (Å²) in [4.78, 5) is 0.821. The van der Waals surface area contributed by atoms with Gasteiger partial charge in [-0.1, -0.05) is 11.8 Å². The molecule has 1 aromatic rings. The molecule has 1 aliphatic heterocycles. The molecule has 1 heterocycles. The van der Waals surface area contributed by atoms with E-state index in [0.29, 0.717) is 15.5 Å². The number of nitrogens with zero attached hydrogens (tertiary/aromatic N) is 1. The van der Waals surface area contributed by atoms with E-state index >= 15 is 0 Å². The van der Waals surface area contributed by atoms with Gasteiger partial charge in [0, 0.05) is 16.7 Å². The van der Waals surface area contributed by atoms with Gasteiger partial charge in [0.25, 0.3) is 0 Å². The molecule has 0 radical (unpaired) electrons. The maximum absolute atomic E-state index is 13.3. The lowest BCUT2D eigenvalue weighted by molar-refractivity contribution is 0.580. The molecule has 0 saturated carbocycles. The Labute approximate surface area is 89.6 Å². The Morgan fingerprint density at radius 3 is 2.80 bits per heavy atom. The van der Waals surface area contributed by atoms with Crippen molar-refractivity contribution < 1.29 is 8.78 Å². The summed E-state index contributed by atoms with van der Waals surface area (Å²) in [7, 11) is 0. The van der Waals surface area contributed by atoms with Crippen LogP contribution in [0.25, 0.3) is 0 Å². The van der Waals surface area contributed by atoms with Gasteiger partial charge in [0.05, 0.1) is 5.69 Å². The zero-order valence-electron chi connectivity index (χ0n) is 7.77. The number of halogens is 2. The number of hydrogen-bond donors (Lipinski definition) is 1. The van der Waals surface area contributed by atoms with Gasteiger partial charge in [-0.25, -0.2) is 8.78 Å². The lowest BCUT2D eigenvalue weighted by Crippen LogP contribution is -2.07. The zero-order valence-corrected chi connectivity index (χ0v) is 8.58. The molecule has 2 rings (SSSR count). The topological polar surface area (TPSA) is 35.8 Å². The number of nitriles is 1. The molecule has 1 N–H and O–H groups in total. The quantitative estimate of drug-likeness (QED) is 0.734. The Morgan fingerprint density at radius 2 is 2.13 bits per heavy atom. The van der Waals surface area contributed by atoms with Crippen LogP contribution < -0.4 is 5.32 Å². The molecule has 0 bridgehead atoms. The summed E-state index contributed by atoms with van der Waals surface area (Å²) in [5, 5.41) is 11.5. The number of rotatable bonds is 0. The Hall–Kier alpha value is -1.54. The molecule has 76 valence electrons. The molecule has 0 aliphatic carbocycles. The Balaban J connectivity index is 2.53. The largest absolute Gasteiger partial charge is 0.354 e. The minimum atomic E-state index is -0.645. The van der Waals surface area contributed by atoms with E-state index < -0.39 is 11.6 Å². The minimum absolute atomic E-state index is 0.234. The van der Waals surface area contributed by atoms with Crippen LogP contribution in [0.3, 0.4) is 0 Å². The van der Waals surface area contributed by atoms with E-state index in [1.165, 1.54) is 6.07 Å². The van der Waals surface area contributed by atoms with Crippen molar-refractivity contribution in [3.8, 4) is 6.07 Å². The van der Waals surface area contributed by atoms with Gasteiger partial charge < -0.3 is 5.32 Å². The lowest BCUT2D eigenvalue weighted by Gasteiger charge is -2.19. The zero-order chi connectivity index (χ0) is 11.0. The molecule has 0 atom stereocenters. The van der Waals surface area contributed by atoms with Crippen LogP contribution in [0, 0.1) is 23.0 Å². The van der Waals surface area contributed by atoms with E-state index in [9.17, 15) is 8.78 Å².